The zero-order chi connectivity index (χ0) is 12.1. The molecule has 0 amide bonds. The number of nitrogens with zero attached hydrogens (tertiary/aromatic N) is 3. The van der Waals surface area contributed by atoms with Crippen molar-refractivity contribution in [3.63, 3.8) is 0 Å². The first-order chi connectivity index (χ1) is 8.33. The van der Waals surface area contributed by atoms with Gasteiger partial charge in [-0.25, -0.2) is 4.98 Å². The molecule has 2 aromatic heterocycles. The molecular weight excluding hydrogens is 218 g/mol. The fraction of sp³-hybridized carbons (Fsp3) is 0.500. The first kappa shape index (κ1) is 11.9. The van der Waals surface area contributed by atoms with E-state index in [1.54, 1.807) is 6.20 Å². The summed E-state index contributed by atoms with van der Waals surface area (Å²) >= 11 is 0. The molecule has 2 rings (SSSR count). The number of hydrogen-bond acceptors (Lipinski definition) is 4. The van der Waals surface area contributed by atoms with Gasteiger partial charge in [-0.2, -0.15) is 0 Å². The van der Waals surface area contributed by atoms with E-state index in [9.17, 15) is 0 Å². The van der Waals surface area contributed by atoms with Crippen LogP contribution in [0, 0.1) is 0 Å². The third kappa shape index (κ3) is 2.94. The van der Waals surface area contributed by atoms with Crippen molar-refractivity contribution in [2.24, 2.45) is 0 Å². The van der Waals surface area contributed by atoms with Crippen molar-refractivity contribution in [2.75, 3.05) is 0 Å². The molecule has 1 N–H and O–H groups in total. The SMILES string of the molecule is CCc1cc(CCCn2ccnc2CO)on1. The lowest BCUT2D eigenvalue weighted by atomic mass is 10.2. The van der Waals surface area contributed by atoms with Crippen LogP contribution < -0.4 is 0 Å². The molecule has 0 aromatic carbocycles. The Morgan fingerprint density at radius 1 is 1.47 bits per heavy atom. The summed E-state index contributed by atoms with van der Waals surface area (Å²) in [5, 5.41) is 13.0. The monoisotopic (exact) mass is 235 g/mol. The van der Waals surface area contributed by atoms with Crippen LogP contribution >= 0.6 is 0 Å². The van der Waals surface area contributed by atoms with Crippen molar-refractivity contribution in [3.8, 4) is 0 Å². The average Bonchev–Trinajstić information content (AvgIpc) is 2.97. The molecule has 0 bridgehead atoms. The molecule has 0 aliphatic carbocycles. The van der Waals surface area contributed by atoms with E-state index in [0.717, 1.165) is 37.3 Å². The highest BCUT2D eigenvalue weighted by molar-refractivity contribution is 5.05. The maximum atomic E-state index is 9.05. The number of rotatable bonds is 6. The molecule has 0 spiro atoms. The minimum Gasteiger partial charge on any atom is -0.388 e. The Bertz CT molecular complexity index is 462. The van der Waals surface area contributed by atoms with Gasteiger partial charge in [0, 0.05) is 31.4 Å². The third-order valence-corrected chi connectivity index (χ3v) is 2.74. The van der Waals surface area contributed by atoms with Crippen molar-refractivity contribution in [1.82, 2.24) is 14.7 Å². The zero-order valence-corrected chi connectivity index (χ0v) is 9.96. The van der Waals surface area contributed by atoms with Crippen LogP contribution in [-0.2, 0) is 26.0 Å². The van der Waals surface area contributed by atoms with Gasteiger partial charge in [-0.15, -0.1) is 0 Å². The second-order valence-electron chi connectivity index (χ2n) is 3.94. The van der Waals surface area contributed by atoms with Gasteiger partial charge in [0.2, 0.25) is 0 Å². The highest BCUT2D eigenvalue weighted by atomic mass is 16.5. The Kier molecular flexibility index (Phi) is 3.93. The Labute approximate surface area is 100 Å². The second-order valence-corrected chi connectivity index (χ2v) is 3.94. The molecule has 0 aliphatic rings. The molecular formula is C12H17N3O2. The molecule has 0 radical (unpaired) electrons. The van der Waals surface area contributed by atoms with E-state index in [0.29, 0.717) is 5.82 Å². The van der Waals surface area contributed by atoms with E-state index in [4.69, 9.17) is 9.63 Å². The molecule has 0 saturated heterocycles. The van der Waals surface area contributed by atoms with Gasteiger partial charge in [0.15, 0.2) is 0 Å². The highest BCUT2D eigenvalue weighted by Crippen LogP contribution is 2.08. The number of imidazole rings is 1. The summed E-state index contributed by atoms with van der Waals surface area (Å²) in [5.74, 6) is 1.63. The van der Waals surface area contributed by atoms with Crippen LogP contribution in [0.15, 0.2) is 23.0 Å². The largest absolute Gasteiger partial charge is 0.388 e. The average molecular weight is 235 g/mol. The van der Waals surface area contributed by atoms with Crippen molar-refractivity contribution in [1.29, 1.82) is 0 Å². The molecule has 2 heterocycles. The number of aliphatic hydroxyl groups excluding tert-OH is 1. The standard InChI is InChI=1S/C12H17N3O2/c1-2-10-8-11(17-14-10)4-3-6-15-7-5-13-12(15)9-16/h5,7-8,16H,2-4,6,9H2,1H3. The van der Waals surface area contributed by atoms with Gasteiger partial charge in [-0.3, -0.25) is 0 Å². The van der Waals surface area contributed by atoms with Gasteiger partial charge in [0.05, 0.1) is 5.69 Å². The number of aromatic nitrogens is 3. The molecule has 5 heteroatoms. The van der Waals surface area contributed by atoms with Crippen LogP contribution in [0.4, 0.5) is 0 Å². The molecule has 17 heavy (non-hydrogen) atoms. The summed E-state index contributed by atoms with van der Waals surface area (Å²) in [6.07, 6.45) is 6.29. The Morgan fingerprint density at radius 2 is 2.35 bits per heavy atom. The molecule has 0 aliphatic heterocycles. The third-order valence-electron chi connectivity index (χ3n) is 2.74. The van der Waals surface area contributed by atoms with Gasteiger partial charge in [-0.1, -0.05) is 12.1 Å². The predicted molar refractivity (Wildman–Crippen MR) is 62.4 cm³/mol. The highest BCUT2D eigenvalue weighted by Gasteiger charge is 2.04. The van der Waals surface area contributed by atoms with Crippen LogP contribution in [0.5, 0.6) is 0 Å². The Morgan fingerprint density at radius 3 is 3.06 bits per heavy atom. The second kappa shape index (κ2) is 5.63. The smallest absolute Gasteiger partial charge is 0.137 e. The summed E-state index contributed by atoms with van der Waals surface area (Å²) in [6.45, 7) is 2.87. The maximum Gasteiger partial charge on any atom is 0.137 e. The van der Waals surface area contributed by atoms with Gasteiger partial charge < -0.3 is 14.2 Å². The lowest BCUT2D eigenvalue weighted by Gasteiger charge is -2.04. The molecule has 0 saturated carbocycles. The van der Waals surface area contributed by atoms with Gasteiger partial charge in [-0.05, 0) is 12.8 Å². The van der Waals surface area contributed by atoms with Gasteiger partial charge in [0.25, 0.3) is 0 Å². The minimum atomic E-state index is -0.0186. The fourth-order valence-corrected chi connectivity index (χ4v) is 1.76. The molecule has 0 unspecified atom stereocenters. The van der Waals surface area contributed by atoms with Gasteiger partial charge in [0.1, 0.15) is 18.2 Å². The van der Waals surface area contributed by atoms with Crippen LogP contribution in [0.1, 0.15) is 30.6 Å². The van der Waals surface area contributed by atoms with Crippen molar-refractivity contribution in [2.45, 2.75) is 39.3 Å². The Hall–Kier alpha value is -1.62. The Balaban J connectivity index is 1.83. The molecule has 0 atom stereocenters. The first-order valence-corrected chi connectivity index (χ1v) is 5.88. The number of aryl methyl sites for hydroxylation is 3. The van der Waals surface area contributed by atoms with E-state index < -0.39 is 0 Å². The topological polar surface area (TPSA) is 64.1 Å². The van der Waals surface area contributed by atoms with E-state index in [2.05, 4.69) is 17.1 Å². The van der Waals surface area contributed by atoms with Crippen LogP contribution in [-0.4, -0.2) is 19.8 Å². The fourth-order valence-electron chi connectivity index (χ4n) is 1.76. The molecule has 0 fully saturated rings. The molecule has 92 valence electrons. The molecule has 2 aromatic rings. The maximum absolute atomic E-state index is 9.05. The molecule has 5 nitrogen and oxygen atoms in total. The van der Waals surface area contributed by atoms with Crippen LogP contribution in [0.3, 0.4) is 0 Å². The van der Waals surface area contributed by atoms with E-state index in [1.807, 2.05) is 16.8 Å². The lowest BCUT2D eigenvalue weighted by molar-refractivity contribution is 0.264. The van der Waals surface area contributed by atoms with Gasteiger partial charge >= 0.3 is 0 Å². The summed E-state index contributed by atoms with van der Waals surface area (Å²) in [4.78, 5) is 4.05. The van der Waals surface area contributed by atoms with Crippen molar-refractivity contribution >= 4 is 0 Å². The zero-order valence-electron chi connectivity index (χ0n) is 9.96. The predicted octanol–water partition coefficient (Wildman–Crippen LogP) is 1.56. The van der Waals surface area contributed by atoms with Crippen LogP contribution in [0.25, 0.3) is 0 Å². The first-order valence-electron chi connectivity index (χ1n) is 5.88. The van der Waals surface area contributed by atoms with E-state index in [1.165, 1.54) is 0 Å². The summed E-state index contributed by atoms with van der Waals surface area (Å²) < 4.78 is 7.16. The lowest BCUT2D eigenvalue weighted by Crippen LogP contribution is -2.03. The number of hydrogen-bond donors (Lipinski definition) is 1. The quantitative estimate of drug-likeness (QED) is 0.825. The summed E-state index contributed by atoms with van der Waals surface area (Å²) in [7, 11) is 0. The summed E-state index contributed by atoms with van der Waals surface area (Å²) in [6, 6.07) is 2.00. The minimum absolute atomic E-state index is 0.0186. The van der Waals surface area contributed by atoms with Crippen molar-refractivity contribution in [3.05, 3.63) is 35.7 Å². The van der Waals surface area contributed by atoms with E-state index >= 15 is 0 Å². The summed E-state index contributed by atoms with van der Waals surface area (Å²) in [5.41, 5.74) is 0.999. The van der Waals surface area contributed by atoms with Crippen LogP contribution in [0.2, 0.25) is 0 Å². The van der Waals surface area contributed by atoms with Crippen molar-refractivity contribution < 1.29 is 9.63 Å². The van der Waals surface area contributed by atoms with E-state index in [-0.39, 0.29) is 6.61 Å². The number of aliphatic hydroxyl groups is 1. The normalized spacial score (nSPS) is 10.9.